The van der Waals surface area contributed by atoms with Crippen LogP contribution in [0.5, 0.6) is 0 Å². The maximum atomic E-state index is 12.1. The van der Waals surface area contributed by atoms with Crippen LogP contribution in [0, 0.1) is 10.1 Å². The lowest BCUT2D eigenvalue weighted by molar-refractivity contribution is -0.384. The summed E-state index contributed by atoms with van der Waals surface area (Å²) in [6, 6.07) is 2.90. The number of carboxylic acid groups (broad SMARTS) is 1. The molecule has 1 aromatic rings. The zero-order valence-corrected chi connectivity index (χ0v) is 16.1. The van der Waals surface area contributed by atoms with E-state index in [0.29, 0.717) is 6.61 Å². The predicted octanol–water partition coefficient (Wildman–Crippen LogP) is 3.33. The number of non-ortho nitro benzene ring substituents is 1. The van der Waals surface area contributed by atoms with Crippen molar-refractivity contribution in [1.82, 2.24) is 5.32 Å². The van der Waals surface area contributed by atoms with E-state index in [2.05, 4.69) is 5.32 Å². The lowest BCUT2D eigenvalue weighted by Crippen LogP contribution is -2.44. The van der Waals surface area contributed by atoms with Crippen molar-refractivity contribution in [3.05, 3.63) is 39.4 Å². The van der Waals surface area contributed by atoms with E-state index >= 15 is 0 Å². The van der Waals surface area contributed by atoms with Crippen molar-refractivity contribution in [1.29, 1.82) is 0 Å². The molecule has 0 aromatic heterocycles. The highest BCUT2D eigenvalue weighted by Gasteiger charge is 2.28. The second-order valence-electron chi connectivity index (χ2n) is 7.03. The van der Waals surface area contributed by atoms with Gasteiger partial charge in [0.05, 0.1) is 23.1 Å². The molecule has 1 amide bonds. The zero-order chi connectivity index (χ0) is 20.8. The second kappa shape index (κ2) is 9.31. The van der Waals surface area contributed by atoms with Crippen LogP contribution in [0.3, 0.4) is 0 Å². The Kier molecular flexibility index (Phi) is 7.71. The van der Waals surface area contributed by atoms with Gasteiger partial charge in [0.25, 0.3) is 5.69 Å². The van der Waals surface area contributed by atoms with E-state index < -0.39 is 34.5 Å². The van der Waals surface area contributed by atoms with Gasteiger partial charge in [-0.25, -0.2) is 9.59 Å². The number of alkyl carbamates (subject to hydrolysis) is 1. The fraction of sp³-hybridized carbons (Fsp3) is 0.556. The minimum Gasteiger partial charge on any atom is -0.478 e. The third-order valence-electron chi connectivity index (χ3n) is 3.77. The van der Waals surface area contributed by atoms with Gasteiger partial charge in [-0.05, 0) is 39.3 Å². The molecular weight excluding hydrogens is 356 g/mol. The molecule has 0 spiro atoms. The van der Waals surface area contributed by atoms with E-state index in [1.54, 1.807) is 34.6 Å². The molecule has 1 rings (SSSR count). The quantitative estimate of drug-likeness (QED) is 0.521. The standard InChI is InChI=1S/C18H26N2O7/c1-6-26-10-15(19-17(23)27-18(3,4)5)11(2)14-9-12(20(24)25)7-8-13(14)16(21)22/h7-9,11,15H,6,10H2,1-5H3,(H,19,23)(H,21,22)/t11?,15-/m0/s1. The lowest BCUT2D eigenvalue weighted by atomic mass is 9.89. The van der Waals surface area contributed by atoms with E-state index in [-0.39, 0.29) is 23.4 Å². The largest absolute Gasteiger partial charge is 0.478 e. The van der Waals surface area contributed by atoms with Crippen LogP contribution < -0.4 is 5.32 Å². The monoisotopic (exact) mass is 382 g/mol. The van der Waals surface area contributed by atoms with Gasteiger partial charge >= 0.3 is 12.1 Å². The van der Waals surface area contributed by atoms with Crippen LogP contribution >= 0.6 is 0 Å². The van der Waals surface area contributed by atoms with Gasteiger partial charge in [0, 0.05) is 24.7 Å². The highest BCUT2D eigenvalue weighted by atomic mass is 16.6. The van der Waals surface area contributed by atoms with Gasteiger partial charge in [-0.3, -0.25) is 10.1 Å². The van der Waals surface area contributed by atoms with Crippen molar-refractivity contribution in [2.75, 3.05) is 13.2 Å². The fourth-order valence-electron chi connectivity index (χ4n) is 2.47. The maximum Gasteiger partial charge on any atom is 0.407 e. The first kappa shape index (κ1) is 22.4. The van der Waals surface area contributed by atoms with Crippen molar-refractivity contribution in [2.45, 2.75) is 52.2 Å². The third-order valence-corrected chi connectivity index (χ3v) is 3.77. The van der Waals surface area contributed by atoms with Crippen molar-refractivity contribution >= 4 is 17.7 Å². The molecule has 0 aliphatic carbocycles. The number of carbonyl (C=O) groups is 2. The number of benzene rings is 1. The number of amides is 1. The number of rotatable bonds is 8. The van der Waals surface area contributed by atoms with Crippen LogP contribution in [-0.2, 0) is 9.47 Å². The Morgan fingerprint density at radius 3 is 2.44 bits per heavy atom. The number of ether oxygens (including phenoxy) is 2. The van der Waals surface area contributed by atoms with Crippen LogP contribution in [0.25, 0.3) is 0 Å². The number of carbonyl (C=O) groups excluding carboxylic acids is 1. The van der Waals surface area contributed by atoms with Crippen LogP contribution in [0.2, 0.25) is 0 Å². The van der Waals surface area contributed by atoms with E-state index in [9.17, 15) is 24.8 Å². The molecule has 0 aliphatic rings. The Balaban J connectivity index is 3.21. The van der Waals surface area contributed by atoms with E-state index in [1.807, 2.05) is 0 Å². The van der Waals surface area contributed by atoms with Gasteiger partial charge < -0.3 is 19.9 Å². The maximum absolute atomic E-state index is 12.1. The van der Waals surface area contributed by atoms with E-state index in [1.165, 1.54) is 12.1 Å². The number of hydrogen-bond acceptors (Lipinski definition) is 6. The summed E-state index contributed by atoms with van der Waals surface area (Å²) in [5.74, 6) is -1.78. The molecular formula is C18H26N2O7. The van der Waals surface area contributed by atoms with Crippen molar-refractivity contribution in [3.8, 4) is 0 Å². The molecule has 1 aromatic carbocycles. The number of nitrogens with one attached hydrogen (secondary N) is 1. The SMILES string of the molecule is CCOC[C@H](NC(=O)OC(C)(C)C)C(C)c1cc([N+](=O)[O-])ccc1C(=O)O. The summed E-state index contributed by atoms with van der Waals surface area (Å²) < 4.78 is 10.6. The number of aromatic carboxylic acids is 1. The normalized spacial score (nSPS) is 13.5. The van der Waals surface area contributed by atoms with E-state index in [4.69, 9.17) is 9.47 Å². The molecule has 9 heteroatoms. The van der Waals surface area contributed by atoms with Crippen LogP contribution in [0.4, 0.5) is 10.5 Å². The summed E-state index contributed by atoms with van der Waals surface area (Å²) in [5.41, 5.74) is -0.770. The Bertz CT molecular complexity index is 697. The van der Waals surface area contributed by atoms with Crippen molar-refractivity contribution in [3.63, 3.8) is 0 Å². The molecule has 2 atom stereocenters. The molecule has 0 saturated carbocycles. The summed E-state index contributed by atoms with van der Waals surface area (Å²) in [5, 5.41) is 23.2. The fourth-order valence-corrected chi connectivity index (χ4v) is 2.47. The zero-order valence-electron chi connectivity index (χ0n) is 16.1. The Morgan fingerprint density at radius 2 is 1.96 bits per heavy atom. The van der Waals surface area contributed by atoms with Gasteiger partial charge in [-0.15, -0.1) is 0 Å². The predicted molar refractivity (Wildman–Crippen MR) is 98.1 cm³/mol. The van der Waals surface area contributed by atoms with Gasteiger partial charge in [-0.2, -0.15) is 0 Å². The number of nitro benzene ring substituents is 1. The lowest BCUT2D eigenvalue weighted by Gasteiger charge is -2.28. The molecule has 0 saturated heterocycles. The molecule has 0 bridgehead atoms. The molecule has 27 heavy (non-hydrogen) atoms. The number of hydrogen-bond donors (Lipinski definition) is 2. The number of nitrogens with zero attached hydrogens (tertiary/aromatic N) is 1. The number of carboxylic acids is 1. The summed E-state index contributed by atoms with van der Waals surface area (Å²) in [6.07, 6.45) is -0.679. The Hall–Kier alpha value is -2.68. The van der Waals surface area contributed by atoms with Crippen LogP contribution in [-0.4, -0.2) is 46.9 Å². The van der Waals surface area contributed by atoms with Crippen molar-refractivity contribution in [2.24, 2.45) is 0 Å². The van der Waals surface area contributed by atoms with Gasteiger partial charge in [-0.1, -0.05) is 6.92 Å². The molecule has 0 heterocycles. The van der Waals surface area contributed by atoms with Crippen LogP contribution in [0.1, 0.15) is 56.5 Å². The summed E-state index contributed by atoms with van der Waals surface area (Å²) in [7, 11) is 0. The van der Waals surface area contributed by atoms with Gasteiger partial charge in [0.1, 0.15) is 5.60 Å². The molecule has 9 nitrogen and oxygen atoms in total. The molecule has 2 N–H and O–H groups in total. The topological polar surface area (TPSA) is 128 Å². The smallest absolute Gasteiger partial charge is 0.407 e. The molecule has 0 radical (unpaired) electrons. The van der Waals surface area contributed by atoms with E-state index in [0.717, 1.165) is 6.07 Å². The molecule has 150 valence electrons. The van der Waals surface area contributed by atoms with Crippen LogP contribution in [0.15, 0.2) is 18.2 Å². The molecule has 0 aliphatic heterocycles. The first-order chi connectivity index (χ1) is 12.5. The molecule has 1 unspecified atom stereocenters. The van der Waals surface area contributed by atoms with Gasteiger partial charge in [0.2, 0.25) is 0 Å². The minimum absolute atomic E-state index is 0.0689. The summed E-state index contributed by atoms with van der Waals surface area (Å²) in [4.78, 5) is 34.2. The molecule has 0 fully saturated rings. The second-order valence-corrected chi connectivity index (χ2v) is 7.03. The summed E-state index contributed by atoms with van der Waals surface area (Å²) in [6.45, 7) is 9.10. The van der Waals surface area contributed by atoms with Gasteiger partial charge in [0.15, 0.2) is 0 Å². The Morgan fingerprint density at radius 1 is 1.33 bits per heavy atom. The average Bonchev–Trinajstić information content (AvgIpc) is 2.55. The minimum atomic E-state index is -1.21. The average molecular weight is 382 g/mol. The summed E-state index contributed by atoms with van der Waals surface area (Å²) >= 11 is 0. The third kappa shape index (κ3) is 6.86. The highest BCUT2D eigenvalue weighted by Crippen LogP contribution is 2.28. The first-order valence-corrected chi connectivity index (χ1v) is 8.55. The Labute approximate surface area is 157 Å². The highest BCUT2D eigenvalue weighted by molar-refractivity contribution is 5.90. The number of nitro groups is 1. The first-order valence-electron chi connectivity index (χ1n) is 8.55. The van der Waals surface area contributed by atoms with Crippen molar-refractivity contribution < 1.29 is 29.1 Å².